The Morgan fingerprint density at radius 1 is 1.05 bits per heavy atom. The number of nitrogens with zero attached hydrogens (tertiary/aromatic N) is 3. The average molecular weight is 598 g/mol. The van der Waals surface area contributed by atoms with E-state index in [1.165, 1.54) is 35.9 Å². The van der Waals surface area contributed by atoms with Crippen LogP contribution in [0.25, 0.3) is 6.08 Å². The normalized spacial score (nSPS) is 15.9. The summed E-state index contributed by atoms with van der Waals surface area (Å²) in [6, 6.07) is 16.9. The van der Waals surface area contributed by atoms with Gasteiger partial charge in [0.2, 0.25) is 5.91 Å². The Hall–Kier alpha value is -3.86. The number of thioether (sulfide) groups is 1. The lowest BCUT2D eigenvalue weighted by molar-refractivity contribution is -0.384. The van der Waals surface area contributed by atoms with Gasteiger partial charge in [0.05, 0.1) is 19.9 Å². The third-order valence-corrected chi connectivity index (χ3v) is 7.94. The summed E-state index contributed by atoms with van der Waals surface area (Å²) in [6.45, 7) is 0.619. The number of amides is 3. The number of rotatable bonds is 7. The first-order valence-corrected chi connectivity index (χ1v) is 13.7. The predicted molar refractivity (Wildman–Crippen MR) is 152 cm³/mol. The first-order chi connectivity index (χ1) is 19.2. The Labute approximate surface area is 243 Å². The molecular formula is C28H21Cl2N3O6S. The molecular weight excluding hydrogens is 577 g/mol. The SMILES string of the molecule is O=C(CN1C(=O)S/C(=C\c2cc(Cl)c(OCc3cccc([N+](=O)[O-])c3)c(Cl)c2)C1=O)N1CCc2ccccc2C1. The maximum absolute atomic E-state index is 13.0. The number of nitro groups is 1. The molecule has 0 aromatic heterocycles. The highest BCUT2D eigenvalue weighted by atomic mass is 35.5. The van der Waals surface area contributed by atoms with Gasteiger partial charge in [-0.15, -0.1) is 0 Å². The van der Waals surface area contributed by atoms with E-state index in [0.717, 1.165) is 28.6 Å². The van der Waals surface area contributed by atoms with Crippen LogP contribution in [-0.4, -0.2) is 44.9 Å². The standard InChI is InChI=1S/C28H21Cl2N3O6S/c29-22-11-18(12-23(30)26(22)39-16-17-4-3-7-21(10-17)33(37)38)13-24-27(35)32(28(36)40-24)15-25(34)31-9-8-19-5-1-2-6-20(19)14-31/h1-7,10-13H,8-9,14-16H2/b24-13-. The molecule has 12 heteroatoms. The fraction of sp³-hybridized carbons (Fsp3) is 0.179. The number of non-ortho nitro benzene ring substituents is 1. The highest BCUT2D eigenvalue weighted by Crippen LogP contribution is 2.38. The van der Waals surface area contributed by atoms with Crippen LogP contribution in [0.2, 0.25) is 10.0 Å². The lowest BCUT2D eigenvalue weighted by atomic mass is 10.00. The molecule has 0 unspecified atom stereocenters. The van der Waals surface area contributed by atoms with Gasteiger partial charge in [-0.2, -0.15) is 0 Å². The number of benzene rings is 3. The number of nitro benzene ring substituents is 1. The van der Waals surface area contributed by atoms with Crippen LogP contribution in [0.3, 0.4) is 0 Å². The number of ether oxygens (including phenoxy) is 1. The topological polar surface area (TPSA) is 110 Å². The number of fused-ring (bicyclic) bond motifs is 1. The first kappa shape index (κ1) is 27.7. The summed E-state index contributed by atoms with van der Waals surface area (Å²) >= 11 is 13.5. The van der Waals surface area contributed by atoms with E-state index >= 15 is 0 Å². The van der Waals surface area contributed by atoms with Gasteiger partial charge in [0, 0.05) is 25.2 Å². The molecule has 5 rings (SSSR count). The number of carbonyl (C=O) groups is 3. The van der Waals surface area contributed by atoms with Crippen LogP contribution in [0.1, 0.15) is 22.3 Å². The molecule has 0 atom stereocenters. The van der Waals surface area contributed by atoms with Crippen molar-refractivity contribution in [3.05, 3.63) is 108 Å². The van der Waals surface area contributed by atoms with E-state index in [1.807, 2.05) is 24.3 Å². The van der Waals surface area contributed by atoms with E-state index in [0.29, 0.717) is 24.2 Å². The van der Waals surface area contributed by atoms with Crippen LogP contribution in [0.5, 0.6) is 5.75 Å². The molecule has 3 amide bonds. The molecule has 0 saturated carbocycles. The van der Waals surface area contributed by atoms with Gasteiger partial charge >= 0.3 is 0 Å². The Morgan fingerprint density at radius 2 is 1.77 bits per heavy atom. The third kappa shape index (κ3) is 5.99. The van der Waals surface area contributed by atoms with E-state index in [2.05, 4.69) is 0 Å². The van der Waals surface area contributed by atoms with Crippen LogP contribution < -0.4 is 4.74 Å². The molecule has 2 heterocycles. The zero-order chi connectivity index (χ0) is 28.4. The smallest absolute Gasteiger partial charge is 0.294 e. The molecule has 204 valence electrons. The summed E-state index contributed by atoms with van der Waals surface area (Å²) in [6.07, 6.45) is 2.20. The molecule has 2 aliphatic heterocycles. The third-order valence-electron chi connectivity index (χ3n) is 6.47. The minimum atomic E-state index is -0.570. The summed E-state index contributed by atoms with van der Waals surface area (Å²) in [5.41, 5.74) is 3.20. The molecule has 0 bridgehead atoms. The van der Waals surface area contributed by atoms with E-state index < -0.39 is 16.1 Å². The van der Waals surface area contributed by atoms with Gasteiger partial charge in [-0.3, -0.25) is 29.4 Å². The number of halogens is 2. The van der Waals surface area contributed by atoms with Gasteiger partial charge in [0.15, 0.2) is 5.75 Å². The Bertz CT molecular complexity index is 1550. The molecule has 9 nitrogen and oxygen atoms in total. The Balaban J connectivity index is 1.25. The fourth-order valence-corrected chi connectivity index (χ4v) is 5.90. The fourth-order valence-electron chi connectivity index (χ4n) is 4.45. The molecule has 0 radical (unpaired) electrons. The van der Waals surface area contributed by atoms with Gasteiger partial charge in [0.1, 0.15) is 13.2 Å². The summed E-state index contributed by atoms with van der Waals surface area (Å²) < 4.78 is 5.71. The molecule has 0 spiro atoms. The monoisotopic (exact) mass is 597 g/mol. The van der Waals surface area contributed by atoms with E-state index in [-0.39, 0.29) is 45.4 Å². The number of hydrogen-bond donors (Lipinski definition) is 0. The highest BCUT2D eigenvalue weighted by Gasteiger charge is 2.37. The molecule has 0 aliphatic carbocycles. The van der Waals surface area contributed by atoms with Crippen molar-refractivity contribution in [3.63, 3.8) is 0 Å². The van der Waals surface area contributed by atoms with Gasteiger partial charge < -0.3 is 9.64 Å². The van der Waals surface area contributed by atoms with Crippen molar-refractivity contribution in [3.8, 4) is 5.75 Å². The van der Waals surface area contributed by atoms with Crippen LogP contribution in [0.15, 0.2) is 65.6 Å². The summed E-state index contributed by atoms with van der Waals surface area (Å²) in [5, 5.41) is 10.8. The van der Waals surface area contributed by atoms with Gasteiger partial charge in [0.25, 0.3) is 16.8 Å². The zero-order valence-electron chi connectivity index (χ0n) is 20.8. The van der Waals surface area contributed by atoms with E-state index in [9.17, 15) is 24.5 Å². The van der Waals surface area contributed by atoms with Crippen LogP contribution in [0.4, 0.5) is 10.5 Å². The number of hydrogen-bond acceptors (Lipinski definition) is 7. The Kier molecular flexibility index (Phi) is 8.11. The summed E-state index contributed by atoms with van der Waals surface area (Å²) in [7, 11) is 0. The maximum atomic E-state index is 13.0. The largest absolute Gasteiger partial charge is 0.486 e. The number of carbonyl (C=O) groups excluding carboxylic acids is 3. The molecule has 40 heavy (non-hydrogen) atoms. The zero-order valence-corrected chi connectivity index (χ0v) is 23.2. The van der Waals surface area contributed by atoms with Gasteiger partial charge in [-0.25, -0.2) is 0 Å². The molecule has 0 N–H and O–H groups in total. The van der Waals surface area contributed by atoms with Crippen molar-refractivity contribution in [1.29, 1.82) is 0 Å². The molecule has 3 aromatic rings. The lowest BCUT2D eigenvalue weighted by Gasteiger charge is -2.29. The van der Waals surface area contributed by atoms with Crippen molar-refractivity contribution in [1.82, 2.24) is 9.80 Å². The van der Waals surface area contributed by atoms with Crippen LogP contribution in [0, 0.1) is 10.1 Å². The van der Waals surface area contributed by atoms with Gasteiger partial charge in [-0.1, -0.05) is 59.6 Å². The predicted octanol–water partition coefficient (Wildman–Crippen LogP) is 6.10. The second-order valence-corrected chi connectivity index (χ2v) is 10.9. The minimum Gasteiger partial charge on any atom is -0.486 e. The molecule has 1 fully saturated rings. The Morgan fingerprint density at radius 3 is 2.50 bits per heavy atom. The molecule has 3 aromatic carbocycles. The van der Waals surface area contributed by atoms with E-state index in [4.69, 9.17) is 27.9 Å². The summed E-state index contributed by atoms with van der Waals surface area (Å²) in [5.74, 6) is -0.692. The van der Waals surface area contributed by atoms with Crippen molar-refractivity contribution < 1.29 is 24.0 Å². The number of imide groups is 1. The minimum absolute atomic E-state index is 0.00398. The van der Waals surface area contributed by atoms with Crippen LogP contribution >= 0.6 is 35.0 Å². The van der Waals surface area contributed by atoms with Crippen molar-refractivity contribution in [2.45, 2.75) is 19.6 Å². The van der Waals surface area contributed by atoms with Crippen molar-refractivity contribution in [2.75, 3.05) is 13.1 Å². The van der Waals surface area contributed by atoms with Crippen molar-refractivity contribution >= 4 is 63.8 Å². The van der Waals surface area contributed by atoms with Crippen LogP contribution in [-0.2, 0) is 29.2 Å². The highest BCUT2D eigenvalue weighted by molar-refractivity contribution is 8.18. The second kappa shape index (κ2) is 11.7. The second-order valence-electron chi connectivity index (χ2n) is 9.13. The van der Waals surface area contributed by atoms with Crippen molar-refractivity contribution in [2.24, 2.45) is 0 Å². The van der Waals surface area contributed by atoms with E-state index in [1.54, 1.807) is 17.0 Å². The molecule has 1 saturated heterocycles. The molecule has 2 aliphatic rings. The first-order valence-electron chi connectivity index (χ1n) is 12.1. The average Bonchev–Trinajstić information content (AvgIpc) is 3.19. The lowest BCUT2D eigenvalue weighted by Crippen LogP contribution is -2.44. The van der Waals surface area contributed by atoms with Gasteiger partial charge in [-0.05, 0) is 58.6 Å². The maximum Gasteiger partial charge on any atom is 0.294 e. The quantitative estimate of drug-likeness (QED) is 0.184. The summed E-state index contributed by atoms with van der Waals surface area (Å²) in [4.78, 5) is 51.8.